The van der Waals surface area contributed by atoms with E-state index in [1.165, 1.54) is 6.08 Å². The fourth-order valence-corrected chi connectivity index (χ4v) is 1.39. The summed E-state index contributed by atoms with van der Waals surface area (Å²) >= 11 is 0. The van der Waals surface area contributed by atoms with Gasteiger partial charge in [0.1, 0.15) is 0 Å². The van der Waals surface area contributed by atoms with E-state index in [0.29, 0.717) is 0 Å². The number of hydrogen-bond donors (Lipinski definition) is 1. The van der Waals surface area contributed by atoms with E-state index in [9.17, 15) is 5.11 Å². The third kappa shape index (κ3) is 2.30. The Bertz CT molecular complexity index is 147. The van der Waals surface area contributed by atoms with Gasteiger partial charge in [-0.05, 0) is 19.3 Å². The van der Waals surface area contributed by atoms with E-state index in [1.54, 1.807) is 7.11 Å². The molecule has 1 fully saturated rings. The molecule has 0 bridgehead atoms. The first kappa shape index (κ1) is 9.71. The highest BCUT2D eigenvalue weighted by Gasteiger charge is 2.25. The van der Waals surface area contributed by atoms with Crippen molar-refractivity contribution in [2.24, 2.45) is 0 Å². The van der Waals surface area contributed by atoms with Gasteiger partial charge in [0.15, 0.2) is 6.29 Å². The van der Waals surface area contributed by atoms with Crippen molar-refractivity contribution in [3.05, 3.63) is 12.7 Å². The number of methoxy groups -OCH3 is 1. The molecule has 0 aromatic rings. The third-order valence-electron chi connectivity index (χ3n) is 2.14. The van der Waals surface area contributed by atoms with Crippen molar-refractivity contribution in [1.29, 1.82) is 0 Å². The van der Waals surface area contributed by atoms with Gasteiger partial charge in [0.05, 0.1) is 12.2 Å². The van der Waals surface area contributed by atoms with E-state index in [2.05, 4.69) is 6.58 Å². The standard InChI is InChI=1S/C9H16O3/c1-3-7(10)8-5-4-6-9(11-2)12-8/h3,7-10H,1,4-6H2,2H3. The molecule has 1 rings (SSSR count). The Hall–Kier alpha value is -0.380. The van der Waals surface area contributed by atoms with Crippen LogP contribution in [0.2, 0.25) is 0 Å². The summed E-state index contributed by atoms with van der Waals surface area (Å²) in [5.74, 6) is 0. The summed E-state index contributed by atoms with van der Waals surface area (Å²) in [5, 5.41) is 9.40. The van der Waals surface area contributed by atoms with E-state index >= 15 is 0 Å². The molecule has 0 radical (unpaired) electrons. The monoisotopic (exact) mass is 172 g/mol. The van der Waals surface area contributed by atoms with Crippen molar-refractivity contribution in [2.45, 2.75) is 37.8 Å². The average molecular weight is 172 g/mol. The Morgan fingerprint density at radius 2 is 2.42 bits per heavy atom. The van der Waals surface area contributed by atoms with Crippen LogP contribution in [0.5, 0.6) is 0 Å². The number of rotatable bonds is 3. The summed E-state index contributed by atoms with van der Waals surface area (Å²) < 4.78 is 10.5. The summed E-state index contributed by atoms with van der Waals surface area (Å²) in [7, 11) is 1.62. The Balaban J connectivity index is 2.39. The summed E-state index contributed by atoms with van der Waals surface area (Å²) in [5.41, 5.74) is 0. The molecular formula is C9H16O3. The van der Waals surface area contributed by atoms with Crippen LogP contribution >= 0.6 is 0 Å². The minimum absolute atomic E-state index is 0.138. The predicted molar refractivity (Wildman–Crippen MR) is 45.7 cm³/mol. The van der Waals surface area contributed by atoms with Crippen molar-refractivity contribution in [3.63, 3.8) is 0 Å². The molecule has 12 heavy (non-hydrogen) atoms. The molecule has 1 aliphatic heterocycles. The molecule has 1 N–H and O–H groups in total. The molecule has 1 saturated heterocycles. The minimum Gasteiger partial charge on any atom is -0.386 e. The maximum absolute atomic E-state index is 9.40. The number of aliphatic hydroxyl groups excluding tert-OH is 1. The number of hydrogen-bond acceptors (Lipinski definition) is 3. The summed E-state index contributed by atoms with van der Waals surface area (Å²) in [6, 6.07) is 0. The number of aliphatic hydroxyl groups is 1. The Morgan fingerprint density at radius 3 is 3.00 bits per heavy atom. The van der Waals surface area contributed by atoms with E-state index in [0.717, 1.165) is 19.3 Å². The lowest BCUT2D eigenvalue weighted by Gasteiger charge is -2.30. The quantitative estimate of drug-likeness (QED) is 0.647. The van der Waals surface area contributed by atoms with Gasteiger partial charge in [-0.1, -0.05) is 6.08 Å². The second-order valence-corrected chi connectivity index (χ2v) is 3.00. The van der Waals surface area contributed by atoms with Gasteiger partial charge in [-0.2, -0.15) is 0 Å². The Kier molecular flexibility index (Phi) is 3.72. The first-order chi connectivity index (χ1) is 5.77. The normalized spacial score (nSPS) is 32.8. The third-order valence-corrected chi connectivity index (χ3v) is 2.14. The largest absolute Gasteiger partial charge is 0.386 e. The molecular weight excluding hydrogens is 156 g/mol. The molecule has 3 nitrogen and oxygen atoms in total. The zero-order valence-electron chi connectivity index (χ0n) is 7.40. The minimum atomic E-state index is -0.567. The lowest BCUT2D eigenvalue weighted by Crippen LogP contribution is -2.36. The highest BCUT2D eigenvalue weighted by Crippen LogP contribution is 2.21. The lowest BCUT2D eigenvalue weighted by atomic mass is 10.0. The van der Waals surface area contributed by atoms with Crippen LogP contribution in [0.25, 0.3) is 0 Å². The van der Waals surface area contributed by atoms with Crippen molar-refractivity contribution in [3.8, 4) is 0 Å². The van der Waals surface area contributed by atoms with Gasteiger partial charge in [0, 0.05) is 7.11 Å². The summed E-state index contributed by atoms with van der Waals surface area (Å²) in [6.45, 7) is 3.52. The molecule has 3 unspecified atom stereocenters. The van der Waals surface area contributed by atoms with Gasteiger partial charge in [-0.3, -0.25) is 0 Å². The van der Waals surface area contributed by atoms with Gasteiger partial charge in [0.25, 0.3) is 0 Å². The van der Waals surface area contributed by atoms with Crippen molar-refractivity contribution in [2.75, 3.05) is 7.11 Å². The van der Waals surface area contributed by atoms with Crippen LogP contribution in [0.4, 0.5) is 0 Å². The van der Waals surface area contributed by atoms with Gasteiger partial charge < -0.3 is 14.6 Å². The predicted octanol–water partition coefficient (Wildman–Crippen LogP) is 1.07. The lowest BCUT2D eigenvalue weighted by molar-refractivity contribution is -0.197. The molecule has 3 atom stereocenters. The topological polar surface area (TPSA) is 38.7 Å². The maximum Gasteiger partial charge on any atom is 0.157 e. The van der Waals surface area contributed by atoms with Crippen molar-refractivity contribution < 1.29 is 14.6 Å². The van der Waals surface area contributed by atoms with E-state index < -0.39 is 6.10 Å². The molecule has 0 amide bonds. The average Bonchev–Trinajstić information content (AvgIpc) is 2.17. The summed E-state index contributed by atoms with van der Waals surface area (Å²) in [6.07, 6.45) is 3.48. The fourth-order valence-electron chi connectivity index (χ4n) is 1.39. The van der Waals surface area contributed by atoms with Crippen LogP contribution in [0.3, 0.4) is 0 Å². The molecule has 0 spiro atoms. The molecule has 0 saturated carbocycles. The van der Waals surface area contributed by atoms with Crippen LogP contribution in [-0.2, 0) is 9.47 Å². The first-order valence-electron chi connectivity index (χ1n) is 4.26. The zero-order chi connectivity index (χ0) is 8.97. The van der Waals surface area contributed by atoms with Gasteiger partial charge in [-0.15, -0.1) is 6.58 Å². The highest BCUT2D eigenvalue weighted by atomic mass is 16.7. The molecule has 0 aromatic heterocycles. The molecule has 3 heteroatoms. The molecule has 70 valence electrons. The molecule has 0 aromatic carbocycles. The van der Waals surface area contributed by atoms with Crippen LogP contribution < -0.4 is 0 Å². The molecule has 1 heterocycles. The Labute approximate surface area is 73.0 Å². The second kappa shape index (κ2) is 4.60. The zero-order valence-corrected chi connectivity index (χ0v) is 7.40. The maximum atomic E-state index is 9.40. The summed E-state index contributed by atoms with van der Waals surface area (Å²) in [4.78, 5) is 0. The Morgan fingerprint density at radius 1 is 1.67 bits per heavy atom. The van der Waals surface area contributed by atoms with Crippen molar-refractivity contribution >= 4 is 0 Å². The van der Waals surface area contributed by atoms with E-state index in [1.807, 2.05) is 0 Å². The number of ether oxygens (including phenoxy) is 2. The second-order valence-electron chi connectivity index (χ2n) is 3.00. The van der Waals surface area contributed by atoms with Gasteiger partial charge in [0.2, 0.25) is 0 Å². The van der Waals surface area contributed by atoms with E-state index in [-0.39, 0.29) is 12.4 Å². The van der Waals surface area contributed by atoms with Crippen LogP contribution in [0.15, 0.2) is 12.7 Å². The van der Waals surface area contributed by atoms with Crippen LogP contribution in [-0.4, -0.2) is 30.7 Å². The highest BCUT2D eigenvalue weighted by molar-refractivity contribution is 4.86. The smallest absolute Gasteiger partial charge is 0.157 e. The molecule has 1 aliphatic rings. The van der Waals surface area contributed by atoms with E-state index in [4.69, 9.17) is 9.47 Å². The van der Waals surface area contributed by atoms with Crippen LogP contribution in [0, 0.1) is 0 Å². The molecule has 0 aliphatic carbocycles. The van der Waals surface area contributed by atoms with Crippen LogP contribution in [0.1, 0.15) is 19.3 Å². The fraction of sp³-hybridized carbons (Fsp3) is 0.778. The van der Waals surface area contributed by atoms with Gasteiger partial charge in [-0.25, -0.2) is 0 Å². The first-order valence-corrected chi connectivity index (χ1v) is 4.26. The van der Waals surface area contributed by atoms with Gasteiger partial charge >= 0.3 is 0 Å². The van der Waals surface area contributed by atoms with Crippen molar-refractivity contribution in [1.82, 2.24) is 0 Å². The SMILES string of the molecule is C=CC(O)C1CCCC(OC)O1.